The largest absolute Gasteiger partial charge is 0.343 e. The van der Waals surface area contributed by atoms with Crippen molar-refractivity contribution in [1.82, 2.24) is 9.97 Å². The molecule has 0 saturated carbocycles. The molecule has 6 heteroatoms. The summed E-state index contributed by atoms with van der Waals surface area (Å²) in [6.07, 6.45) is 2.25. The number of Topliss-reactive ketones (excluding diaryl/α,β-unsaturated/α-hetero) is 1. The quantitative estimate of drug-likeness (QED) is 0.471. The van der Waals surface area contributed by atoms with Crippen LogP contribution in [0.15, 0.2) is 45.5 Å². The zero-order chi connectivity index (χ0) is 22.3. The van der Waals surface area contributed by atoms with Gasteiger partial charge in [0.1, 0.15) is 5.82 Å². The van der Waals surface area contributed by atoms with E-state index in [2.05, 4.69) is 69.2 Å². The Balaban J connectivity index is 1.88. The second-order valence-electron chi connectivity index (χ2n) is 9.69. The van der Waals surface area contributed by atoms with Gasteiger partial charge in [-0.1, -0.05) is 70.6 Å². The summed E-state index contributed by atoms with van der Waals surface area (Å²) in [5.41, 5.74) is 4.10. The van der Waals surface area contributed by atoms with Gasteiger partial charge in [-0.15, -0.1) is 0 Å². The molecule has 0 saturated heterocycles. The monoisotopic (exact) mass is 437 g/mol. The molecule has 0 spiro atoms. The maximum absolute atomic E-state index is 13.3. The van der Waals surface area contributed by atoms with Crippen molar-refractivity contribution in [2.24, 2.45) is 5.41 Å². The fourth-order valence-electron chi connectivity index (χ4n) is 4.57. The average molecular weight is 438 g/mol. The molecule has 5 nitrogen and oxygen atoms in total. The summed E-state index contributed by atoms with van der Waals surface area (Å²) in [6, 6.07) is 8.33. The second kappa shape index (κ2) is 8.30. The lowest BCUT2D eigenvalue weighted by Crippen LogP contribution is -2.37. The van der Waals surface area contributed by atoms with Gasteiger partial charge in [0, 0.05) is 29.4 Å². The van der Waals surface area contributed by atoms with E-state index in [4.69, 9.17) is 4.98 Å². The van der Waals surface area contributed by atoms with Crippen LogP contribution in [0.4, 0.5) is 5.82 Å². The van der Waals surface area contributed by atoms with Crippen LogP contribution in [-0.2, 0) is 4.79 Å². The van der Waals surface area contributed by atoms with Crippen molar-refractivity contribution in [3.05, 3.63) is 62.6 Å². The minimum absolute atomic E-state index is 0.117. The fourth-order valence-corrected chi connectivity index (χ4v) is 5.29. The Bertz CT molecular complexity index is 1100. The van der Waals surface area contributed by atoms with Crippen molar-refractivity contribution >= 4 is 23.4 Å². The van der Waals surface area contributed by atoms with E-state index in [1.165, 1.54) is 5.56 Å². The van der Waals surface area contributed by atoms with Gasteiger partial charge in [-0.2, -0.15) is 0 Å². The van der Waals surface area contributed by atoms with Crippen molar-refractivity contribution in [2.45, 2.75) is 70.9 Å². The Kier molecular flexibility index (Phi) is 5.86. The van der Waals surface area contributed by atoms with Gasteiger partial charge in [-0.25, -0.2) is 4.98 Å². The molecule has 0 radical (unpaired) electrons. The number of rotatable bonds is 5. The number of benzene rings is 1. The number of fused-ring (bicyclic) bond motifs is 1. The van der Waals surface area contributed by atoms with Crippen LogP contribution in [0.5, 0.6) is 0 Å². The molecule has 2 N–H and O–H groups in total. The summed E-state index contributed by atoms with van der Waals surface area (Å²) >= 11 is 1.55. The zero-order valence-electron chi connectivity index (χ0n) is 19.0. The molecule has 1 aromatic carbocycles. The summed E-state index contributed by atoms with van der Waals surface area (Å²) in [4.78, 5) is 34.2. The van der Waals surface area contributed by atoms with Gasteiger partial charge < -0.3 is 10.3 Å². The first-order valence-corrected chi connectivity index (χ1v) is 12.1. The molecule has 0 fully saturated rings. The van der Waals surface area contributed by atoms with Crippen LogP contribution in [0.3, 0.4) is 0 Å². The SMILES string of the molecule is CCCSc1nc2c(c(=O)[nH]1)[C@H](c1ccc(C(C)C)cc1)C1=C(CC(C)(C)CC1=O)N2. The molecular formula is C25H31N3O2S. The third kappa shape index (κ3) is 4.22. The van der Waals surface area contributed by atoms with E-state index in [1.54, 1.807) is 11.8 Å². The smallest absolute Gasteiger partial charge is 0.257 e. The number of carbonyl (C=O) groups is 1. The summed E-state index contributed by atoms with van der Waals surface area (Å²) in [7, 11) is 0. The molecule has 0 amide bonds. The maximum atomic E-state index is 13.3. The third-order valence-electron chi connectivity index (χ3n) is 6.08. The van der Waals surface area contributed by atoms with Gasteiger partial charge in [-0.05, 0) is 35.3 Å². The van der Waals surface area contributed by atoms with Crippen molar-refractivity contribution in [3.63, 3.8) is 0 Å². The standard InChI is InChI=1S/C25H31N3O2S/c1-6-11-31-24-27-22-21(23(30)28-24)19(16-9-7-15(8-10-16)14(2)3)20-17(26-22)12-25(4,5)13-18(20)29/h7-10,14,19H,6,11-13H2,1-5H3,(H2,26,27,28,30)/t19-/m1/s1. The van der Waals surface area contributed by atoms with E-state index in [0.29, 0.717) is 28.9 Å². The van der Waals surface area contributed by atoms with Crippen LogP contribution in [0.1, 0.15) is 82.4 Å². The van der Waals surface area contributed by atoms with Gasteiger partial charge in [0.2, 0.25) is 0 Å². The predicted molar refractivity (Wildman–Crippen MR) is 127 cm³/mol. The average Bonchev–Trinajstić information content (AvgIpc) is 2.69. The highest BCUT2D eigenvalue weighted by Crippen LogP contribution is 2.47. The van der Waals surface area contributed by atoms with E-state index in [9.17, 15) is 9.59 Å². The molecule has 1 aliphatic carbocycles. The predicted octanol–water partition coefficient (Wildman–Crippen LogP) is 5.60. The molecule has 2 heterocycles. The third-order valence-corrected chi connectivity index (χ3v) is 7.16. The van der Waals surface area contributed by atoms with E-state index >= 15 is 0 Å². The molecule has 2 aliphatic rings. The minimum Gasteiger partial charge on any atom is -0.343 e. The zero-order valence-corrected chi connectivity index (χ0v) is 19.8. The summed E-state index contributed by atoms with van der Waals surface area (Å²) in [6.45, 7) is 10.7. The molecule has 1 aromatic heterocycles. The lowest BCUT2D eigenvalue weighted by atomic mass is 9.69. The van der Waals surface area contributed by atoms with E-state index in [-0.39, 0.29) is 16.8 Å². The first kappa shape index (κ1) is 21.9. The van der Waals surface area contributed by atoms with Crippen LogP contribution < -0.4 is 10.9 Å². The Hall–Kier alpha value is -2.34. The van der Waals surface area contributed by atoms with Gasteiger partial charge in [0.25, 0.3) is 5.56 Å². The molecular weight excluding hydrogens is 406 g/mol. The van der Waals surface area contributed by atoms with Gasteiger partial charge in [-0.3, -0.25) is 9.59 Å². The lowest BCUT2D eigenvalue weighted by Gasteiger charge is -2.38. The number of ketones is 1. The number of nitrogens with one attached hydrogen (secondary N) is 2. The molecule has 2 aromatic rings. The Morgan fingerprint density at radius 2 is 1.87 bits per heavy atom. The number of allylic oxidation sites excluding steroid dienone is 2. The molecule has 0 bridgehead atoms. The molecule has 31 heavy (non-hydrogen) atoms. The maximum Gasteiger partial charge on any atom is 0.257 e. The summed E-state index contributed by atoms with van der Waals surface area (Å²) in [5.74, 6) is 1.62. The topological polar surface area (TPSA) is 74.8 Å². The highest BCUT2D eigenvalue weighted by molar-refractivity contribution is 7.99. The van der Waals surface area contributed by atoms with Crippen LogP contribution in [-0.4, -0.2) is 21.5 Å². The Morgan fingerprint density at radius 3 is 2.52 bits per heavy atom. The normalized spacial score (nSPS) is 19.8. The van der Waals surface area contributed by atoms with Gasteiger partial charge in [0.15, 0.2) is 10.9 Å². The van der Waals surface area contributed by atoms with Crippen LogP contribution in [0.25, 0.3) is 0 Å². The number of thioether (sulfide) groups is 1. The van der Waals surface area contributed by atoms with Crippen molar-refractivity contribution < 1.29 is 4.79 Å². The second-order valence-corrected chi connectivity index (χ2v) is 10.8. The molecule has 4 rings (SSSR count). The van der Waals surface area contributed by atoms with Crippen LogP contribution >= 0.6 is 11.8 Å². The molecule has 1 aliphatic heterocycles. The lowest BCUT2D eigenvalue weighted by molar-refractivity contribution is -0.118. The van der Waals surface area contributed by atoms with Crippen molar-refractivity contribution in [2.75, 3.05) is 11.1 Å². The van der Waals surface area contributed by atoms with Crippen molar-refractivity contribution in [1.29, 1.82) is 0 Å². The van der Waals surface area contributed by atoms with Gasteiger partial charge >= 0.3 is 0 Å². The highest BCUT2D eigenvalue weighted by Gasteiger charge is 2.42. The first-order chi connectivity index (χ1) is 14.7. The number of carbonyl (C=O) groups excluding carboxylic acids is 1. The van der Waals surface area contributed by atoms with Gasteiger partial charge in [0.05, 0.1) is 5.56 Å². The molecule has 164 valence electrons. The Labute approximate surface area is 188 Å². The molecule has 0 unspecified atom stereocenters. The van der Waals surface area contributed by atoms with Crippen LogP contribution in [0.2, 0.25) is 0 Å². The molecule has 1 atom stereocenters. The number of hydrogen-bond donors (Lipinski definition) is 2. The van der Waals surface area contributed by atoms with E-state index < -0.39 is 5.92 Å². The van der Waals surface area contributed by atoms with E-state index in [1.807, 2.05) is 0 Å². The summed E-state index contributed by atoms with van der Waals surface area (Å²) in [5, 5.41) is 4.01. The number of aromatic nitrogens is 2. The van der Waals surface area contributed by atoms with E-state index in [0.717, 1.165) is 35.4 Å². The number of hydrogen-bond acceptors (Lipinski definition) is 5. The minimum atomic E-state index is -0.391. The fraction of sp³-hybridized carbons (Fsp3) is 0.480. The number of anilines is 1. The Morgan fingerprint density at radius 1 is 1.16 bits per heavy atom. The highest BCUT2D eigenvalue weighted by atomic mass is 32.2. The van der Waals surface area contributed by atoms with Crippen LogP contribution in [0, 0.1) is 5.41 Å². The summed E-state index contributed by atoms with van der Waals surface area (Å²) < 4.78 is 0. The first-order valence-electron chi connectivity index (χ1n) is 11.1. The number of aromatic amines is 1. The number of nitrogens with zero attached hydrogens (tertiary/aromatic N) is 1. The van der Waals surface area contributed by atoms with Crippen molar-refractivity contribution in [3.8, 4) is 0 Å². The number of H-pyrrole nitrogens is 1.